The van der Waals surface area contributed by atoms with Crippen molar-refractivity contribution in [2.24, 2.45) is 5.10 Å². The molecule has 1 aromatic rings. The van der Waals surface area contributed by atoms with Crippen LogP contribution in [-0.4, -0.2) is 16.9 Å². The van der Waals surface area contributed by atoms with Gasteiger partial charge in [0.2, 0.25) is 0 Å². The monoisotopic (exact) mass is 298 g/mol. The van der Waals surface area contributed by atoms with E-state index >= 15 is 0 Å². The first-order valence-electron chi connectivity index (χ1n) is 6.34. The fourth-order valence-corrected chi connectivity index (χ4v) is 2.39. The smallest absolute Gasteiger partial charge is 0.253 e. The highest BCUT2D eigenvalue weighted by atomic mass is 35.5. The maximum absolute atomic E-state index is 11.9. The molecule has 104 valence electrons. The zero-order chi connectivity index (χ0) is 14.3. The van der Waals surface area contributed by atoms with Crippen LogP contribution in [-0.2, 0) is 4.79 Å². The third kappa shape index (κ3) is 5.66. The van der Waals surface area contributed by atoms with Crippen LogP contribution in [0.3, 0.4) is 0 Å². The summed E-state index contributed by atoms with van der Waals surface area (Å²) in [7, 11) is 0. The van der Waals surface area contributed by atoms with E-state index in [1.165, 1.54) is 11.8 Å². The first kappa shape index (κ1) is 16.1. The van der Waals surface area contributed by atoms with E-state index in [2.05, 4.69) is 10.5 Å². The molecular formula is C14H19ClN2OS. The fraction of sp³-hybridized carbons (Fsp3) is 0.429. The van der Waals surface area contributed by atoms with Gasteiger partial charge in [0.1, 0.15) is 0 Å². The second-order valence-corrected chi connectivity index (χ2v) is 5.93. The number of halogens is 1. The quantitative estimate of drug-likeness (QED) is 0.488. The van der Waals surface area contributed by atoms with Crippen LogP contribution < -0.4 is 5.43 Å². The van der Waals surface area contributed by atoms with Crippen molar-refractivity contribution in [3.05, 3.63) is 29.3 Å². The zero-order valence-corrected chi connectivity index (χ0v) is 13.0. The Balaban J connectivity index is 2.53. The summed E-state index contributed by atoms with van der Waals surface area (Å²) >= 11 is 7.31. The van der Waals surface area contributed by atoms with Crippen molar-refractivity contribution in [1.82, 2.24) is 5.43 Å². The molecule has 0 spiro atoms. The SMILES string of the molecule is CCC(CC)=NNC(=O)[C@@H](C)Sc1ccc(Cl)cc1. The number of carbonyl (C=O) groups is 1. The summed E-state index contributed by atoms with van der Waals surface area (Å²) in [5, 5.41) is 4.62. The number of amides is 1. The van der Waals surface area contributed by atoms with E-state index in [0.29, 0.717) is 5.02 Å². The molecule has 0 saturated heterocycles. The molecule has 5 heteroatoms. The maximum Gasteiger partial charge on any atom is 0.253 e. The second-order valence-electron chi connectivity index (χ2n) is 4.08. The van der Waals surface area contributed by atoms with Gasteiger partial charge in [-0.15, -0.1) is 11.8 Å². The van der Waals surface area contributed by atoms with E-state index in [1.54, 1.807) is 0 Å². The van der Waals surface area contributed by atoms with E-state index in [9.17, 15) is 4.79 Å². The number of hydrogen-bond acceptors (Lipinski definition) is 3. The number of nitrogens with zero attached hydrogens (tertiary/aromatic N) is 1. The average Bonchev–Trinajstić information content (AvgIpc) is 2.42. The molecule has 1 aromatic carbocycles. The molecule has 0 aliphatic rings. The van der Waals surface area contributed by atoms with Gasteiger partial charge in [0.25, 0.3) is 5.91 Å². The summed E-state index contributed by atoms with van der Waals surface area (Å²) in [5.41, 5.74) is 3.62. The molecule has 3 nitrogen and oxygen atoms in total. The van der Waals surface area contributed by atoms with Gasteiger partial charge in [0.15, 0.2) is 0 Å². The minimum absolute atomic E-state index is 0.0839. The van der Waals surface area contributed by atoms with E-state index in [4.69, 9.17) is 11.6 Å². The lowest BCUT2D eigenvalue weighted by Gasteiger charge is -2.10. The van der Waals surface area contributed by atoms with Crippen molar-refractivity contribution in [1.29, 1.82) is 0 Å². The molecule has 0 heterocycles. The minimum Gasteiger partial charge on any atom is -0.272 e. The Morgan fingerprint density at radius 2 is 1.89 bits per heavy atom. The lowest BCUT2D eigenvalue weighted by molar-refractivity contribution is -0.120. The number of benzene rings is 1. The Bertz CT molecular complexity index is 439. The molecular weight excluding hydrogens is 280 g/mol. The van der Waals surface area contributed by atoms with Crippen LogP contribution in [0.25, 0.3) is 0 Å². The lowest BCUT2D eigenvalue weighted by Crippen LogP contribution is -2.27. The van der Waals surface area contributed by atoms with Crippen molar-refractivity contribution >= 4 is 35.0 Å². The van der Waals surface area contributed by atoms with E-state index in [-0.39, 0.29) is 11.2 Å². The van der Waals surface area contributed by atoms with Gasteiger partial charge in [0.05, 0.1) is 5.25 Å². The zero-order valence-electron chi connectivity index (χ0n) is 11.4. The van der Waals surface area contributed by atoms with E-state index < -0.39 is 0 Å². The number of hydrogen-bond donors (Lipinski definition) is 1. The normalized spacial score (nSPS) is 11.8. The molecule has 1 amide bonds. The van der Waals surface area contributed by atoms with Crippen molar-refractivity contribution in [3.8, 4) is 0 Å². The fourth-order valence-electron chi connectivity index (χ4n) is 1.40. The number of rotatable bonds is 6. The summed E-state index contributed by atoms with van der Waals surface area (Å²) in [4.78, 5) is 12.9. The predicted octanol–water partition coefficient (Wildman–Crippen LogP) is 4.11. The molecule has 0 fully saturated rings. The van der Waals surface area contributed by atoms with Crippen LogP contribution >= 0.6 is 23.4 Å². The van der Waals surface area contributed by atoms with Gasteiger partial charge >= 0.3 is 0 Å². The van der Waals surface area contributed by atoms with Crippen molar-refractivity contribution in [2.45, 2.75) is 43.8 Å². The molecule has 19 heavy (non-hydrogen) atoms. The number of thioether (sulfide) groups is 1. The molecule has 0 aliphatic carbocycles. The van der Waals surface area contributed by atoms with Crippen LogP contribution in [0.4, 0.5) is 0 Å². The summed E-state index contributed by atoms with van der Waals surface area (Å²) in [6, 6.07) is 7.45. The molecule has 0 aromatic heterocycles. The van der Waals surface area contributed by atoms with Crippen molar-refractivity contribution in [3.63, 3.8) is 0 Å². The van der Waals surface area contributed by atoms with Crippen LogP contribution in [0.15, 0.2) is 34.3 Å². The van der Waals surface area contributed by atoms with E-state index in [0.717, 1.165) is 23.4 Å². The van der Waals surface area contributed by atoms with Gasteiger partial charge in [-0.2, -0.15) is 5.10 Å². The molecule has 0 saturated carbocycles. The standard InChI is InChI=1S/C14H19ClN2OS/c1-4-12(5-2)16-17-14(18)10(3)19-13-8-6-11(15)7-9-13/h6-10H,4-5H2,1-3H3,(H,17,18)/t10-/m1/s1. The Morgan fingerprint density at radius 3 is 2.42 bits per heavy atom. The highest BCUT2D eigenvalue weighted by molar-refractivity contribution is 8.00. The molecule has 0 unspecified atom stereocenters. The topological polar surface area (TPSA) is 41.5 Å². The third-order valence-electron chi connectivity index (χ3n) is 2.64. The summed E-state index contributed by atoms with van der Waals surface area (Å²) in [5.74, 6) is -0.0839. The highest BCUT2D eigenvalue weighted by Gasteiger charge is 2.13. The van der Waals surface area contributed by atoms with Crippen LogP contribution in [0.5, 0.6) is 0 Å². The predicted molar refractivity (Wildman–Crippen MR) is 82.9 cm³/mol. The maximum atomic E-state index is 11.9. The van der Waals surface area contributed by atoms with Gasteiger partial charge in [-0.05, 0) is 44.0 Å². The second kappa shape index (κ2) is 8.23. The van der Waals surface area contributed by atoms with Crippen molar-refractivity contribution in [2.75, 3.05) is 0 Å². The molecule has 0 aliphatic heterocycles. The first-order valence-corrected chi connectivity index (χ1v) is 7.60. The molecule has 1 N–H and O–H groups in total. The molecule has 0 radical (unpaired) electrons. The summed E-state index contributed by atoms with van der Waals surface area (Å²) < 4.78 is 0. The Hall–Kier alpha value is -1.00. The Kier molecular flexibility index (Phi) is 6.95. The summed E-state index contributed by atoms with van der Waals surface area (Å²) in [6.07, 6.45) is 1.71. The molecule has 0 bridgehead atoms. The first-order chi connectivity index (χ1) is 9.06. The van der Waals surface area contributed by atoms with Crippen LogP contribution in [0.2, 0.25) is 5.02 Å². The van der Waals surface area contributed by atoms with E-state index in [1.807, 2.05) is 45.0 Å². The number of hydrazone groups is 1. The highest BCUT2D eigenvalue weighted by Crippen LogP contribution is 2.24. The number of carbonyl (C=O) groups excluding carboxylic acids is 1. The Morgan fingerprint density at radius 1 is 1.32 bits per heavy atom. The van der Waals surface area contributed by atoms with Gasteiger partial charge in [-0.1, -0.05) is 25.4 Å². The average molecular weight is 299 g/mol. The lowest BCUT2D eigenvalue weighted by atomic mass is 10.2. The third-order valence-corrected chi connectivity index (χ3v) is 4.00. The van der Waals surface area contributed by atoms with Crippen LogP contribution in [0.1, 0.15) is 33.6 Å². The van der Waals surface area contributed by atoms with Crippen molar-refractivity contribution < 1.29 is 4.79 Å². The van der Waals surface area contributed by atoms with Gasteiger partial charge in [-0.25, -0.2) is 5.43 Å². The largest absolute Gasteiger partial charge is 0.272 e. The minimum atomic E-state index is -0.195. The van der Waals surface area contributed by atoms with Crippen LogP contribution in [0, 0.1) is 0 Å². The molecule has 1 rings (SSSR count). The van der Waals surface area contributed by atoms with Gasteiger partial charge < -0.3 is 0 Å². The molecule has 1 atom stereocenters. The summed E-state index contributed by atoms with van der Waals surface area (Å²) in [6.45, 7) is 5.92. The van der Waals surface area contributed by atoms with Gasteiger partial charge in [-0.3, -0.25) is 4.79 Å². The Labute approximate surface area is 123 Å². The number of nitrogens with one attached hydrogen (secondary N) is 1. The van der Waals surface area contributed by atoms with Gasteiger partial charge in [0, 0.05) is 15.6 Å².